The molecule has 2 aliphatic rings. The Labute approximate surface area is 138 Å². The third kappa shape index (κ3) is 2.92. The maximum atomic E-state index is 11.7. The molecule has 0 spiro atoms. The van der Waals surface area contributed by atoms with E-state index in [1.54, 1.807) is 0 Å². The smallest absolute Gasteiger partial charge is 0.469 e. The number of ether oxygens (including phenoxy) is 1. The molecule has 23 heavy (non-hydrogen) atoms. The normalized spacial score (nSPS) is 25.1. The largest absolute Gasteiger partial charge is 0.494 e. The molecule has 1 fully saturated rings. The molecule has 1 atom stereocenters. The van der Waals surface area contributed by atoms with Crippen molar-refractivity contribution in [1.82, 2.24) is 0 Å². The number of aryl methyl sites for hydroxylation is 1. The van der Waals surface area contributed by atoms with E-state index in [1.807, 2.05) is 0 Å². The van der Waals surface area contributed by atoms with Gasteiger partial charge in [-0.15, -0.1) is 0 Å². The monoisotopic (exact) mass is 316 g/mol. The Kier molecular flexibility index (Phi) is 4.05. The van der Waals surface area contributed by atoms with Crippen molar-refractivity contribution in [2.45, 2.75) is 58.2 Å². The summed E-state index contributed by atoms with van der Waals surface area (Å²) in [4.78, 5) is 11.7. The van der Waals surface area contributed by atoms with Crippen LogP contribution in [0.15, 0.2) is 18.2 Å². The second kappa shape index (κ2) is 5.64. The number of rotatable bonds is 2. The number of methoxy groups -OCH3 is 1. The number of carbonyl (C=O) groups excluding carboxylic acids is 1. The van der Waals surface area contributed by atoms with Crippen LogP contribution in [0.4, 0.5) is 0 Å². The van der Waals surface area contributed by atoms with Gasteiger partial charge in [0.15, 0.2) is 0 Å². The maximum Gasteiger partial charge on any atom is 0.494 e. The second-order valence-electron chi connectivity index (χ2n) is 7.58. The van der Waals surface area contributed by atoms with E-state index in [0.29, 0.717) is 0 Å². The lowest BCUT2D eigenvalue weighted by Gasteiger charge is -2.32. The molecule has 4 nitrogen and oxygen atoms in total. The van der Waals surface area contributed by atoms with Gasteiger partial charge in [0.1, 0.15) is 0 Å². The molecular weight excluding hydrogens is 291 g/mol. The first kappa shape index (κ1) is 16.5. The molecule has 1 aliphatic carbocycles. The zero-order chi connectivity index (χ0) is 16.8. The number of carbonyl (C=O) groups is 1. The lowest BCUT2D eigenvalue weighted by atomic mass is 9.75. The van der Waals surface area contributed by atoms with E-state index in [1.165, 1.54) is 18.2 Å². The molecule has 0 amide bonds. The molecule has 1 saturated heterocycles. The molecule has 0 N–H and O–H groups in total. The lowest BCUT2D eigenvalue weighted by Crippen LogP contribution is -2.41. The molecule has 0 aromatic heterocycles. The van der Waals surface area contributed by atoms with Crippen LogP contribution in [0.25, 0.3) is 0 Å². The average Bonchev–Trinajstić information content (AvgIpc) is 2.73. The topological polar surface area (TPSA) is 44.8 Å². The van der Waals surface area contributed by atoms with Gasteiger partial charge in [0.25, 0.3) is 0 Å². The quantitative estimate of drug-likeness (QED) is 0.620. The van der Waals surface area contributed by atoms with Crippen LogP contribution in [0.1, 0.15) is 45.2 Å². The summed E-state index contributed by atoms with van der Waals surface area (Å²) in [5.41, 5.74) is 2.91. The molecule has 5 heteroatoms. The summed E-state index contributed by atoms with van der Waals surface area (Å²) in [6.07, 6.45) is 2.49. The molecular formula is C18H25BO4. The van der Waals surface area contributed by atoms with E-state index < -0.39 is 0 Å². The summed E-state index contributed by atoms with van der Waals surface area (Å²) in [5.74, 6) is -0.124. The predicted octanol–water partition coefficient (Wildman–Crippen LogP) is 2.26. The zero-order valence-corrected chi connectivity index (χ0v) is 14.6. The minimum atomic E-state index is -0.330. The van der Waals surface area contributed by atoms with Crippen LogP contribution in [0.5, 0.6) is 0 Å². The highest BCUT2D eigenvalue weighted by atomic mass is 16.7. The number of hydrogen-bond acceptors (Lipinski definition) is 4. The first-order valence-corrected chi connectivity index (χ1v) is 8.29. The van der Waals surface area contributed by atoms with Crippen LogP contribution in [-0.4, -0.2) is 31.4 Å². The van der Waals surface area contributed by atoms with Gasteiger partial charge in [-0.3, -0.25) is 4.79 Å². The lowest BCUT2D eigenvalue weighted by molar-refractivity contribution is -0.145. The predicted molar refractivity (Wildman–Crippen MR) is 89.7 cm³/mol. The minimum Gasteiger partial charge on any atom is -0.469 e. The van der Waals surface area contributed by atoms with Gasteiger partial charge in [-0.25, -0.2) is 0 Å². The Morgan fingerprint density at radius 3 is 2.43 bits per heavy atom. The molecule has 1 aliphatic heterocycles. The van der Waals surface area contributed by atoms with Gasteiger partial charge in [-0.05, 0) is 63.5 Å². The Balaban J connectivity index is 1.80. The van der Waals surface area contributed by atoms with Crippen molar-refractivity contribution in [2.24, 2.45) is 5.92 Å². The molecule has 124 valence electrons. The van der Waals surface area contributed by atoms with E-state index >= 15 is 0 Å². The van der Waals surface area contributed by atoms with Crippen molar-refractivity contribution in [3.8, 4) is 0 Å². The summed E-state index contributed by atoms with van der Waals surface area (Å²) >= 11 is 0. The maximum absolute atomic E-state index is 11.7. The highest BCUT2D eigenvalue weighted by molar-refractivity contribution is 6.62. The first-order valence-electron chi connectivity index (χ1n) is 8.29. The molecule has 0 unspecified atom stereocenters. The number of benzene rings is 1. The molecule has 0 radical (unpaired) electrons. The standard InChI is InChI=1S/C18H25BO4/c1-17(2)18(3,4)23-19(22-17)15-9-8-12-10-14(16(20)21-5)7-6-13(12)11-15/h8-9,11,14H,6-7,10H2,1-5H3/t14-/m0/s1. The van der Waals surface area contributed by atoms with Gasteiger partial charge in [0.2, 0.25) is 0 Å². The van der Waals surface area contributed by atoms with E-state index in [4.69, 9.17) is 14.0 Å². The third-order valence-corrected chi connectivity index (χ3v) is 5.52. The van der Waals surface area contributed by atoms with Crippen molar-refractivity contribution in [1.29, 1.82) is 0 Å². The average molecular weight is 316 g/mol. The fourth-order valence-electron chi connectivity index (χ4n) is 3.27. The molecule has 0 saturated carbocycles. The Morgan fingerprint density at radius 1 is 1.17 bits per heavy atom. The van der Waals surface area contributed by atoms with Gasteiger partial charge in [-0.1, -0.05) is 18.2 Å². The van der Waals surface area contributed by atoms with Crippen LogP contribution >= 0.6 is 0 Å². The van der Waals surface area contributed by atoms with Crippen LogP contribution in [0, 0.1) is 5.92 Å². The Morgan fingerprint density at radius 2 is 1.83 bits per heavy atom. The van der Waals surface area contributed by atoms with Crippen molar-refractivity contribution >= 4 is 18.6 Å². The highest BCUT2D eigenvalue weighted by Gasteiger charge is 2.51. The van der Waals surface area contributed by atoms with Crippen molar-refractivity contribution < 1.29 is 18.8 Å². The van der Waals surface area contributed by atoms with Gasteiger partial charge >= 0.3 is 13.1 Å². The minimum absolute atomic E-state index is 0.0183. The molecule has 1 aromatic carbocycles. The Bertz CT molecular complexity index is 607. The van der Waals surface area contributed by atoms with E-state index in [9.17, 15) is 4.79 Å². The van der Waals surface area contributed by atoms with Crippen molar-refractivity contribution in [3.05, 3.63) is 29.3 Å². The van der Waals surface area contributed by atoms with Crippen molar-refractivity contribution in [3.63, 3.8) is 0 Å². The van der Waals surface area contributed by atoms with Gasteiger partial charge in [-0.2, -0.15) is 0 Å². The third-order valence-electron chi connectivity index (χ3n) is 5.52. The fraction of sp³-hybridized carbons (Fsp3) is 0.611. The van der Waals surface area contributed by atoms with Crippen LogP contribution < -0.4 is 5.46 Å². The molecule has 1 heterocycles. The molecule has 1 aromatic rings. The molecule has 3 rings (SSSR count). The second-order valence-corrected chi connectivity index (χ2v) is 7.58. The van der Waals surface area contributed by atoms with E-state index in [-0.39, 0.29) is 30.2 Å². The van der Waals surface area contributed by atoms with Crippen LogP contribution in [0.2, 0.25) is 0 Å². The van der Waals surface area contributed by atoms with Gasteiger partial charge in [0.05, 0.1) is 24.2 Å². The summed E-state index contributed by atoms with van der Waals surface area (Å²) < 4.78 is 17.1. The highest BCUT2D eigenvalue weighted by Crippen LogP contribution is 2.36. The first-order chi connectivity index (χ1) is 10.7. The summed E-state index contributed by atoms with van der Waals surface area (Å²) in [6, 6.07) is 6.33. The van der Waals surface area contributed by atoms with E-state index in [0.717, 1.165) is 24.7 Å². The Hall–Kier alpha value is -1.33. The van der Waals surface area contributed by atoms with Crippen molar-refractivity contribution in [2.75, 3.05) is 7.11 Å². The van der Waals surface area contributed by atoms with Gasteiger partial charge in [0, 0.05) is 0 Å². The SMILES string of the molecule is COC(=O)[C@H]1CCc2cc(B3OC(C)(C)C(C)(C)O3)ccc2C1. The summed E-state index contributed by atoms with van der Waals surface area (Å²) in [5, 5.41) is 0. The van der Waals surface area contributed by atoms with E-state index in [2.05, 4.69) is 45.9 Å². The number of esters is 1. The van der Waals surface area contributed by atoms with Gasteiger partial charge < -0.3 is 14.0 Å². The number of fused-ring (bicyclic) bond motifs is 1. The fourth-order valence-corrected chi connectivity index (χ4v) is 3.27. The van der Waals surface area contributed by atoms with Crippen LogP contribution in [0.3, 0.4) is 0 Å². The van der Waals surface area contributed by atoms with Crippen LogP contribution in [-0.2, 0) is 31.7 Å². The number of hydrogen-bond donors (Lipinski definition) is 0. The molecule has 0 bridgehead atoms. The summed E-state index contributed by atoms with van der Waals surface area (Å²) in [6.45, 7) is 8.25. The summed E-state index contributed by atoms with van der Waals surface area (Å²) in [7, 11) is 1.13. The zero-order valence-electron chi connectivity index (χ0n) is 14.6.